The summed E-state index contributed by atoms with van der Waals surface area (Å²) in [6.45, 7) is 0.691. The summed E-state index contributed by atoms with van der Waals surface area (Å²) < 4.78 is 1.58. The molecule has 0 radical (unpaired) electrons. The van der Waals surface area contributed by atoms with Gasteiger partial charge in [0.2, 0.25) is 0 Å². The van der Waals surface area contributed by atoms with Gasteiger partial charge in [-0.3, -0.25) is 4.40 Å². The molecule has 6 nitrogen and oxygen atoms in total. The van der Waals surface area contributed by atoms with Crippen LogP contribution in [0.5, 0.6) is 0 Å². The fraction of sp³-hybridized carbons (Fsp3) is 0.467. The molecule has 2 heterocycles. The first-order chi connectivity index (χ1) is 10.1. The van der Waals surface area contributed by atoms with Crippen molar-refractivity contribution < 1.29 is 15.0 Å². The fourth-order valence-electron chi connectivity index (χ4n) is 2.91. The Morgan fingerprint density at radius 3 is 2.81 bits per heavy atom. The highest BCUT2D eigenvalue weighted by Crippen LogP contribution is 2.25. The molecule has 0 atom stereocenters. The fourth-order valence-corrected chi connectivity index (χ4v) is 2.91. The second kappa shape index (κ2) is 5.73. The maximum Gasteiger partial charge on any atom is 0.356 e. The number of hydrogen-bond donors (Lipinski definition) is 3. The quantitative estimate of drug-likeness (QED) is 0.801. The van der Waals surface area contributed by atoms with Crippen molar-refractivity contribution in [1.82, 2.24) is 9.38 Å². The number of carboxylic acid groups (broad SMARTS) is 1. The van der Waals surface area contributed by atoms with Crippen molar-refractivity contribution in [1.29, 1.82) is 0 Å². The number of fused-ring (bicyclic) bond motifs is 1. The number of pyridine rings is 1. The van der Waals surface area contributed by atoms with Crippen LogP contribution in [0.4, 0.5) is 5.82 Å². The molecule has 0 unspecified atom stereocenters. The Hall–Kier alpha value is -2.08. The van der Waals surface area contributed by atoms with Crippen LogP contribution >= 0.6 is 0 Å². The van der Waals surface area contributed by atoms with Crippen molar-refractivity contribution in [2.24, 2.45) is 5.92 Å². The average Bonchev–Trinajstić information content (AvgIpc) is 2.85. The highest BCUT2D eigenvalue weighted by molar-refractivity contribution is 5.92. The molecule has 1 saturated carbocycles. The van der Waals surface area contributed by atoms with Gasteiger partial charge in [-0.05, 0) is 43.7 Å². The number of aromatic carboxylic acids is 1. The van der Waals surface area contributed by atoms with Gasteiger partial charge in [0.15, 0.2) is 11.5 Å². The van der Waals surface area contributed by atoms with E-state index < -0.39 is 5.97 Å². The van der Waals surface area contributed by atoms with E-state index in [2.05, 4.69) is 10.3 Å². The molecule has 1 aliphatic rings. The molecule has 6 heteroatoms. The van der Waals surface area contributed by atoms with Crippen LogP contribution in [0.3, 0.4) is 0 Å². The number of nitrogens with zero attached hydrogens (tertiary/aromatic N) is 2. The minimum atomic E-state index is -0.990. The second-order valence-electron chi connectivity index (χ2n) is 5.60. The first kappa shape index (κ1) is 13.9. The number of carbonyl (C=O) groups is 1. The van der Waals surface area contributed by atoms with E-state index in [0.29, 0.717) is 23.9 Å². The Bertz CT molecular complexity index is 645. The van der Waals surface area contributed by atoms with E-state index in [1.807, 2.05) is 6.07 Å². The summed E-state index contributed by atoms with van der Waals surface area (Å²) in [4.78, 5) is 15.8. The lowest BCUT2D eigenvalue weighted by molar-refractivity contribution is 0.0690. The molecular formula is C15H19N3O3. The van der Waals surface area contributed by atoms with E-state index in [4.69, 9.17) is 0 Å². The van der Waals surface area contributed by atoms with Crippen LogP contribution in [0.25, 0.3) is 5.65 Å². The first-order valence-corrected chi connectivity index (χ1v) is 7.27. The van der Waals surface area contributed by atoms with Crippen molar-refractivity contribution in [2.75, 3.05) is 11.9 Å². The largest absolute Gasteiger partial charge is 0.476 e. The highest BCUT2D eigenvalue weighted by atomic mass is 16.4. The molecule has 2 aromatic rings. The van der Waals surface area contributed by atoms with Crippen molar-refractivity contribution in [3.05, 3.63) is 30.1 Å². The average molecular weight is 289 g/mol. The van der Waals surface area contributed by atoms with Gasteiger partial charge in [-0.1, -0.05) is 6.07 Å². The molecular weight excluding hydrogens is 270 g/mol. The zero-order valence-corrected chi connectivity index (χ0v) is 11.7. The molecule has 112 valence electrons. The lowest BCUT2D eigenvalue weighted by Gasteiger charge is -2.25. The number of aliphatic hydroxyl groups excluding tert-OH is 1. The van der Waals surface area contributed by atoms with Gasteiger partial charge in [0.1, 0.15) is 5.65 Å². The van der Waals surface area contributed by atoms with Crippen LogP contribution in [-0.2, 0) is 0 Å². The third-order valence-electron chi connectivity index (χ3n) is 4.11. The van der Waals surface area contributed by atoms with Crippen molar-refractivity contribution in [3.63, 3.8) is 0 Å². The molecule has 1 aliphatic carbocycles. The SMILES string of the molecule is O=C(O)c1c(NCC2CCC(O)CC2)nc2ccccn12. The zero-order valence-electron chi connectivity index (χ0n) is 11.7. The number of aliphatic hydroxyl groups is 1. The number of rotatable bonds is 4. The lowest BCUT2D eigenvalue weighted by Crippen LogP contribution is -2.24. The predicted octanol–water partition coefficient (Wildman–Crippen LogP) is 2.00. The molecule has 2 aromatic heterocycles. The Morgan fingerprint density at radius 2 is 2.10 bits per heavy atom. The standard InChI is InChI=1S/C15H19N3O3/c19-11-6-4-10(5-7-11)9-16-14-13(15(20)21)18-8-2-1-3-12(18)17-14/h1-3,8,10-11,16,19H,4-7,9H2,(H,20,21). The summed E-state index contributed by atoms with van der Waals surface area (Å²) >= 11 is 0. The molecule has 0 aliphatic heterocycles. The number of aromatic nitrogens is 2. The Kier molecular flexibility index (Phi) is 3.79. The van der Waals surface area contributed by atoms with Gasteiger partial charge in [-0.2, -0.15) is 0 Å². The molecule has 0 spiro atoms. The number of nitrogens with one attached hydrogen (secondary N) is 1. The number of anilines is 1. The summed E-state index contributed by atoms with van der Waals surface area (Å²) in [5.74, 6) is -0.116. The number of hydrogen-bond acceptors (Lipinski definition) is 4. The molecule has 0 saturated heterocycles. The van der Waals surface area contributed by atoms with Crippen LogP contribution < -0.4 is 5.32 Å². The van der Waals surface area contributed by atoms with E-state index in [0.717, 1.165) is 25.7 Å². The Labute approximate surface area is 122 Å². The van der Waals surface area contributed by atoms with Gasteiger partial charge >= 0.3 is 5.97 Å². The molecule has 0 bridgehead atoms. The highest BCUT2D eigenvalue weighted by Gasteiger charge is 2.22. The first-order valence-electron chi connectivity index (χ1n) is 7.27. The normalized spacial score (nSPS) is 22.3. The van der Waals surface area contributed by atoms with Crippen LogP contribution in [0, 0.1) is 5.92 Å². The Morgan fingerprint density at radius 1 is 1.33 bits per heavy atom. The minimum absolute atomic E-state index is 0.168. The van der Waals surface area contributed by atoms with Gasteiger partial charge in [0.25, 0.3) is 0 Å². The summed E-state index contributed by atoms with van der Waals surface area (Å²) in [5.41, 5.74) is 0.790. The molecule has 1 fully saturated rings. The number of imidazole rings is 1. The maximum absolute atomic E-state index is 11.5. The summed E-state index contributed by atoms with van der Waals surface area (Å²) in [5, 5.41) is 22.1. The van der Waals surface area contributed by atoms with Gasteiger partial charge in [0, 0.05) is 12.7 Å². The molecule has 21 heavy (non-hydrogen) atoms. The number of carboxylic acids is 1. The maximum atomic E-state index is 11.5. The van der Waals surface area contributed by atoms with E-state index in [1.54, 1.807) is 22.7 Å². The van der Waals surface area contributed by atoms with Gasteiger partial charge in [-0.15, -0.1) is 0 Å². The van der Waals surface area contributed by atoms with Crippen molar-refractivity contribution in [3.8, 4) is 0 Å². The molecule has 0 aromatic carbocycles. The Balaban J connectivity index is 1.77. The van der Waals surface area contributed by atoms with E-state index in [-0.39, 0.29) is 11.8 Å². The summed E-state index contributed by atoms with van der Waals surface area (Å²) in [6, 6.07) is 5.41. The third kappa shape index (κ3) is 2.85. The molecule has 3 N–H and O–H groups in total. The topological polar surface area (TPSA) is 86.9 Å². The van der Waals surface area contributed by atoms with E-state index in [1.165, 1.54) is 0 Å². The van der Waals surface area contributed by atoms with Gasteiger partial charge in [-0.25, -0.2) is 9.78 Å². The molecule has 0 amide bonds. The third-order valence-corrected chi connectivity index (χ3v) is 4.11. The van der Waals surface area contributed by atoms with Crippen LogP contribution in [0.2, 0.25) is 0 Å². The van der Waals surface area contributed by atoms with E-state index in [9.17, 15) is 15.0 Å². The summed E-state index contributed by atoms with van der Waals surface area (Å²) in [7, 11) is 0. The van der Waals surface area contributed by atoms with Crippen molar-refractivity contribution in [2.45, 2.75) is 31.8 Å². The van der Waals surface area contributed by atoms with Crippen LogP contribution in [0.15, 0.2) is 24.4 Å². The van der Waals surface area contributed by atoms with Crippen LogP contribution in [-0.4, -0.2) is 38.2 Å². The summed E-state index contributed by atoms with van der Waals surface area (Å²) in [6.07, 6.45) is 5.10. The van der Waals surface area contributed by atoms with Gasteiger partial charge < -0.3 is 15.5 Å². The van der Waals surface area contributed by atoms with E-state index >= 15 is 0 Å². The zero-order chi connectivity index (χ0) is 14.8. The monoisotopic (exact) mass is 289 g/mol. The minimum Gasteiger partial charge on any atom is -0.476 e. The second-order valence-corrected chi connectivity index (χ2v) is 5.60. The van der Waals surface area contributed by atoms with Crippen molar-refractivity contribution >= 4 is 17.4 Å². The lowest BCUT2D eigenvalue weighted by atomic mass is 9.87. The smallest absolute Gasteiger partial charge is 0.356 e. The van der Waals surface area contributed by atoms with Crippen LogP contribution in [0.1, 0.15) is 36.2 Å². The van der Waals surface area contributed by atoms with Gasteiger partial charge in [0.05, 0.1) is 6.10 Å². The molecule has 3 rings (SSSR count). The predicted molar refractivity (Wildman–Crippen MR) is 78.6 cm³/mol.